The molecule has 2 unspecified atom stereocenters. The number of nitrogens with one attached hydrogen (secondary N) is 1. The van der Waals surface area contributed by atoms with Crippen LogP contribution < -0.4 is 5.32 Å². The molecule has 110 valence electrons. The lowest BCUT2D eigenvalue weighted by atomic mass is 9.79. The summed E-state index contributed by atoms with van der Waals surface area (Å²) in [6.45, 7) is 0.495. The van der Waals surface area contributed by atoms with E-state index in [1.807, 2.05) is 0 Å². The Hall–Kier alpha value is -1.49. The van der Waals surface area contributed by atoms with Crippen LogP contribution in [0.15, 0.2) is 18.2 Å². The first kappa shape index (κ1) is 14.9. The van der Waals surface area contributed by atoms with E-state index in [2.05, 4.69) is 5.32 Å². The van der Waals surface area contributed by atoms with E-state index in [0.717, 1.165) is 31.7 Å². The number of aliphatic hydroxyl groups is 1. The number of carbonyl (C=O) groups is 1. The van der Waals surface area contributed by atoms with Gasteiger partial charge in [0.15, 0.2) is 11.6 Å². The first-order valence-electron chi connectivity index (χ1n) is 6.96. The summed E-state index contributed by atoms with van der Waals surface area (Å²) in [6.07, 6.45) is 4.06. The molecule has 5 heteroatoms. The Kier molecular flexibility index (Phi) is 5.06. The predicted octanol–water partition coefficient (Wildman–Crippen LogP) is 2.49. The van der Waals surface area contributed by atoms with E-state index >= 15 is 0 Å². The molecule has 0 spiro atoms. The lowest BCUT2D eigenvalue weighted by Gasteiger charge is -2.30. The van der Waals surface area contributed by atoms with Crippen LogP contribution in [0.5, 0.6) is 0 Å². The van der Waals surface area contributed by atoms with Crippen molar-refractivity contribution in [2.24, 2.45) is 11.8 Å². The fraction of sp³-hybridized carbons (Fsp3) is 0.533. The second-order valence-electron chi connectivity index (χ2n) is 5.30. The van der Waals surface area contributed by atoms with E-state index in [1.54, 1.807) is 0 Å². The number of aliphatic hydroxyl groups excluding tert-OH is 1. The highest BCUT2D eigenvalue weighted by molar-refractivity contribution is 5.94. The normalized spacial score (nSPS) is 22.6. The van der Waals surface area contributed by atoms with Crippen LogP contribution in [0.25, 0.3) is 0 Å². The third kappa shape index (κ3) is 3.33. The summed E-state index contributed by atoms with van der Waals surface area (Å²) in [6, 6.07) is 3.55. The van der Waals surface area contributed by atoms with E-state index in [0.29, 0.717) is 6.54 Å². The highest BCUT2D eigenvalue weighted by Gasteiger charge is 2.25. The maximum atomic E-state index is 13.5. The van der Waals surface area contributed by atoms with Crippen LogP contribution in [0.2, 0.25) is 0 Å². The van der Waals surface area contributed by atoms with Gasteiger partial charge in [0.25, 0.3) is 5.91 Å². The van der Waals surface area contributed by atoms with Crippen molar-refractivity contribution in [1.29, 1.82) is 0 Å². The van der Waals surface area contributed by atoms with Crippen molar-refractivity contribution in [3.8, 4) is 0 Å². The molecule has 1 aromatic rings. The Bertz CT molecular complexity index is 479. The Morgan fingerprint density at radius 3 is 2.65 bits per heavy atom. The highest BCUT2D eigenvalue weighted by Crippen LogP contribution is 2.29. The van der Waals surface area contributed by atoms with Crippen molar-refractivity contribution in [3.05, 3.63) is 35.4 Å². The summed E-state index contributed by atoms with van der Waals surface area (Å²) >= 11 is 0. The van der Waals surface area contributed by atoms with Gasteiger partial charge in [0.1, 0.15) is 0 Å². The molecule has 2 N–H and O–H groups in total. The molecular formula is C15H19F2NO2. The molecule has 1 aromatic carbocycles. The summed E-state index contributed by atoms with van der Waals surface area (Å²) in [4.78, 5) is 11.9. The maximum Gasteiger partial charge on any atom is 0.254 e. The molecular weight excluding hydrogens is 264 g/mol. The van der Waals surface area contributed by atoms with E-state index < -0.39 is 17.5 Å². The smallest absolute Gasteiger partial charge is 0.254 e. The van der Waals surface area contributed by atoms with Crippen LogP contribution in [-0.2, 0) is 0 Å². The zero-order valence-electron chi connectivity index (χ0n) is 11.2. The Balaban J connectivity index is 1.96. The first-order valence-corrected chi connectivity index (χ1v) is 6.96. The van der Waals surface area contributed by atoms with E-state index in [9.17, 15) is 18.7 Å². The molecule has 0 bridgehead atoms. The molecule has 3 nitrogen and oxygen atoms in total. The molecule has 1 saturated carbocycles. The summed E-state index contributed by atoms with van der Waals surface area (Å²) < 4.78 is 26.5. The molecule has 1 aliphatic carbocycles. The molecule has 1 fully saturated rings. The lowest BCUT2D eigenvalue weighted by Crippen LogP contribution is -2.35. The quantitative estimate of drug-likeness (QED) is 0.892. The van der Waals surface area contributed by atoms with Gasteiger partial charge in [-0.05, 0) is 36.8 Å². The van der Waals surface area contributed by atoms with Crippen molar-refractivity contribution in [1.82, 2.24) is 5.32 Å². The summed E-state index contributed by atoms with van der Waals surface area (Å²) in [7, 11) is 0. The number of amides is 1. The van der Waals surface area contributed by atoms with E-state index in [4.69, 9.17) is 0 Å². The molecule has 0 heterocycles. The topological polar surface area (TPSA) is 49.3 Å². The minimum absolute atomic E-state index is 0.106. The molecule has 0 aromatic heterocycles. The fourth-order valence-corrected chi connectivity index (χ4v) is 2.79. The zero-order valence-corrected chi connectivity index (χ0v) is 11.2. The van der Waals surface area contributed by atoms with Gasteiger partial charge in [0, 0.05) is 13.2 Å². The van der Waals surface area contributed by atoms with Gasteiger partial charge in [-0.1, -0.05) is 18.9 Å². The molecule has 0 saturated heterocycles. The summed E-state index contributed by atoms with van der Waals surface area (Å²) in [5, 5.41) is 11.9. The molecule has 2 atom stereocenters. The molecule has 20 heavy (non-hydrogen) atoms. The molecule has 1 amide bonds. The van der Waals surface area contributed by atoms with Crippen LogP contribution in [0.3, 0.4) is 0 Å². The van der Waals surface area contributed by atoms with Gasteiger partial charge in [0.2, 0.25) is 0 Å². The van der Waals surface area contributed by atoms with Crippen LogP contribution in [0.1, 0.15) is 36.0 Å². The Morgan fingerprint density at radius 1 is 1.25 bits per heavy atom. The van der Waals surface area contributed by atoms with Gasteiger partial charge in [0.05, 0.1) is 5.56 Å². The predicted molar refractivity (Wildman–Crippen MR) is 71.2 cm³/mol. The maximum absolute atomic E-state index is 13.5. The van der Waals surface area contributed by atoms with Crippen molar-refractivity contribution < 1.29 is 18.7 Å². The third-order valence-corrected chi connectivity index (χ3v) is 4.02. The second-order valence-corrected chi connectivity index (χ2v) is 5.30. The molecule has 0 aliphatic heterocycles. The minimum Gasteiger partial charge on any atom is -0.396 e. The van der Waals surface area contributed by atoms with Crippen LogP contribution in [0.4, 0.5) is 8.78 Å². The highest BCUT2D eigenvalue weighted by atomic mass is 19.2. The van der Waals surface area contributed by atoms with Crippen molar-refractivity contribution >= 4 is 5.91 Å². The monoisotopic (exact) mass is 283 g/mol. The van der Waals surface area contributed by atoms with Crippen LogP contribution in [0, 0.1) is 23.5 Å². The van der Waals surface area contributed by atoms with E-state index in [1.165, 1.54) is 12.1 Å². The number of carbonyl (C=O) groups excluding carboxylic acids is 1. The number of benzene rings is 1. The average Bonchev–Trinajstić information content (AvgIpc) is 2.48. The molecule has 2 rings (SSSR count). The van der Waals surface area contributed by atoms with Crippen molar-refractivity contribution in [2.45, 2.75) is 25.7 Å². The van der Waals surface area contributed by atoms with E-state index in [-0.39, 0.29) is 24.0 Å². The number of halogens is 2. The largest absolute Gasteiger partial charge is 0.396 e. The van der Waals surface area contributed by atoms with Crippen molar-refractivity contribution in [2.75, 3.05) is 13.2 Å². The summed E-state index contributed by atoms with van der Waals surface area (Å²) in [5.41, 5.74) is -0.277. The number of rotatable bonds is 4. The third-order valence-electron chi connectivity index (χ3n) is 4.02. The zero-order chi connectivity index (χ0) is 14.5. The van der Waals surface area contributed by atoms with Gasteiger partial charge < -0.3 is 10.4 Å². The number of hydrogen-bond donors (Lipinski definition) is 2. The SMILES string of the molecule is O=C(NCC1CCCCC1CO)c1cccc(F)c1F. The molecule has 0 radical (unpaired) electrons. The Morgan fingerprint density at radius 2 is 1.95 bits per heavy atom. The van der Waals surface area contributed by atoms with Gasteiger partial charge in [-0.25, -0.2) is 8.78 Å². The standard InChI is InChI=1S/C15H19F2NO2/c16-13-7-3-6-12(14(13)17)15(20)18-8-10-4-1-2-5-11(10)9-19/h3,6-7,10-11,19H,1-2,4-5,8-9H2,(H,18,20). The lowest BCUT2D eigenvalue weighted by molar-refractivity contribution is 0.0904. The van der Waals surface area contributed by atoms with Gasteiger partial charge in [-0.15, -0.1) is 0 Å². The second kappa shape index (κ2) is 6.79. The van der Waals surface area contributed by atoms with Crippen LogP contribution >= 0.6 is 0 Å². The Labute approximate surface area is 117 Å². The number of hydrogen-bond acceptors (Lipinski definition) is 2. The first-order chi connectivity index (χ1) is 9.63. The average molecular weight is 283 g/mol. The molecule has 1 aliphatic rings. The summed E-state index contributed by atoms with van der Waals surface area (Å²) in [5.74, 6) is -2.36. The van der Waals surface area contributed by atoms with Gasteiger partial charge >= 0.3 is 0 Å². The fourth-order valence-electron chi connectivity index (χ4n) is 2.79. The van der Waals surface area contributed by atoms with Gasteiger partial charge in [-0.2, -0.15) is 0 Å². The minimum atomic E-state index is -1.12. The van der Waals surface area contributed by atoms with Crippen molar-refractivity contribution in [3.63, 3.8) is 0 Å². The van der Waals surface area contributed by atoms with Gasteiger partial charge in [-0.3, -0.25) is 4.79 Å². The van der Waals surface area contributed by atoms with Crippen LogP contribution in [-0.4, -0.2) is 24.2 Å².